The molecule has 0 saturated heterocycles. The summed E-state index contributed by atoms with van der Waals surface area (Å²) in [5, 5.41) is 11.8. The van der Waals surface area contributed by atoms with Crippen LogP contribution in [-0.2, 0) is 14.1 Å². The van der Waals surface area contributed by atoms with Crippen LogP contribution in [0.25, 0.3) is 0 Å². The van der Waals surface area contributed by atoms with E-state index in [1.807, 2.05) is 19.1 Å². The molecule has 9 nitrogen and oxygen atoms in total. The van der Waals surface area contributed by atoms with E-state index in [2.05, 4.69) is 15.5 Å². The Kier molecular flexibility index (Phi) is 6.34. The summed E-state index contributed by atoms with van der Waals surface area (Å²) in [5.74, 6) is -0.638. The monoisotopic (exact) mass is 466 g/mol. The maximum atomic E-state index is 12.9. The van der Waals surface area contributed by atoms with Gasteiger partial charge in [-0.3, -0.25) is 18.7 Å². The van der Waals surface area contributed by atoms with Gasteiger partial charge < -0.3 is 11.1 Å². The van der Waals surface area contributed by atoms with Crippen molar-refractivity contribution < 1.29 is 4.79 Å². The van der Waals surface area contributed by atoms with Crippen molar-refractivity contribution in [3.63, 3.8) is 0 Å². The van der Waals surface area contributed by atoms with Crippen molar-refractivity contribution in [2.45, 2.75) is 23.4 Å². The van der Waals surface area contributed by atoms with Crippen LogP contribution < -0.4 is 22.3 Å². The number of nitrogens with two attached hydrogens (primary N) is 1. The van der Waals surface area contributed by atoms with E-state index in [0.29, 0.717) is 14.5 Å². The molecule has 0 aliphatic heterocycles. The highest BCUT2D eigenvalue weighted by Crippen LogP contribution is 2.33. The molecule has 2 heterocycles. The maximum absolute atomic E-state index is 12.9. The predicted octanol–water partition coefficient (Wildman–Crippen LogP) is 2.59. The Bertz CT molecular complexity index is 1250. The molecule has 0 spiro atoms. The maximum Gasteiger partial charge on any atom is 0.332 e. The van der Waals surface area contributed by atoms with E-state index in [4.69, 9.17) is 17.3 Å². The highest BCUT2D eigenvalue weighted by molar-refractivity contribution is 8.02. The molecule has 30 heavy (non-hydrogen) atoms. The zero-order valence-corrected chi connectivity index (χ0v) is 19.0. The molecular weight excluding hydrogens is 448 g/mol. The van der Waals surface area contributed by atoms with Crippen LogP contribution in [0.2, 0.25) is 5.02 Å². The van der Waals surface area contributed by atoms with E-state index >= 15 is 0 Å². The van der Waals surface area contributed by atoms with E-state index < -0.39 is 22.3 Å². The lowest BCUT2D eigenvalue weighted by Crippen LogP contribution is -2.42. The summed E-state index contributed by atoms with van der Waals surface area (Å²) in [6.07, 6.45) is 0. The average molecular weight is 467 g/mol. The summed E-state index contributed by atoms with van der Waals surface area (Å²) in [4.78, 5) is 37.2. The fraction of sp³-hybridized carbons (Fsp3) is 0.278. The second-order valence-electron chi connectivity index (χ2n) is 6.50. The predicted molar refractivity (Wildman–Crippen MR) is 120 cm³/mol. The Hall–Kier alpha value is -2.63. The molecule has 0 aliphatic rings. The zero-order chi connectivity index (χ0) is 22.2. The normalized spacial score (nSPS) is 12.0. The fourth-order valence-corrected chi connectivity index (χ4v) is 4.81. The van der Waals surface area contributed by atoms with E-state index in [0.717, 1.165) is 32.1 Å². The molecule has 0 saturated carbocycles. The first-order valence-corrected chi connectivity index (χ1v) is 10.8. The second-order valence-corrected chi connectivity index (χ2v) is 9.47. The van der Waals surface area contributed by atoms with Gasteiger partial charge in [0.05, 0.1) is 5.25 Å². The number of nitrogens with zero attached hydrogens (tertiary/aromatic N) is 4. The molecule has 0 bridgehead atoms. The van der Waals surface area contributed by atoms with Crippen LogP contribution in [0.15, 0.2) is 32.1 Å². The minimum atomic E-state index is -0.718. The first-order chi connectivity index (χ1) is 14.1. The van der Waals surface area contributed by atoms with Gasteiger partial charge in [-0.25, -0.2) is 4.79 Å². The van der Waals surface area contributed by atoms with E-state index in [9.17, 15) is 14.4 Å². The number of hydrogen-bond donors (Lipinski definition) is 2. The number of nitrogen functional groups attached to an aromatic ring is 1. The summed E-state index contributed by atoms with van der Waals surface area (Å²) in [6, 6.07) is 5.50. The van der Waals surface area contributed by atoms with Gasteiger partial charge in [-0.05, 0) is 31.5 Å². The molecule has 0 amide bonds. The molecule has 0 fully saturated rings. The summed E-state index contributed by atoms with van der Waals surface area (Å²) in [7, 11) is 2.71. The Morgan fingerprint density at radius 2 is 1.97 bits per heavy atom. The highest BCUT2D eigenvalue weighted by atomic mass is 35.5. The van der Waals surface area contributed by atoms with E-state index in [1.54, 1.807) is 13.0 Å². The number of anilines is 3. The van der Waals surface area contributed by atoms with Gasteiger partial charge in [0.15, 0.2) is 10.1 Å². The Morgan fingerprint density at radius 1 is 1.27 bits per heavy atom. The van der Waals surface area contributed by atoms with Gasteiger partial charge >= 0.3 is 5.69 Å². The molecule has 3 aromatic rings. The number of nitrogens with one attached hydrogen (secondary N) is 1. The van der Waals surface area contributed by atoms with Crippen LogP contribution in [0.3, 0.4) is 0 Å². The van der Waals surface area contributed by atoms with Crippen molar-refractivity contribution in [2.75, 3.05) is 11.1 Å². The number of hydrogen-bond acceptors (Lipinski definition) is 9. The van der Waals surface area contributed by atoms with Gasteiger partial charge in [-0.2, -0.15) is 0 Å². The summed E-state index contributed by atoms with van der Waals surface area (Å²) in [5.41, 5.74) is 6.04. The third kappa shape index (κ3) is 4.13. The molecule has 1 aromatic carbocycles. The van der Waals surface area contributed by atoms with Crippen LogP contribution in [0.4, 0.5) is 16.6 Å². The lowest BCUT2D eigenvalue weighted by Gasteiger charge is -2.13. The van der Waals surface area contributed by atoms with Crippen molar-refractivity contribution in [3.05, 3.63) is 55.2 Å². The third-order valence-electron chi connectivity index (χ3n) is 4.52. The number of rotatable bonds is 6. The summed E-state index contributed by atoms with van der Waals surface area (Å²) >= 11 is 8.55. The quantitative estimate of drug-likeness (QED) is 0.419. The van der Waals surface area contributed by atoms with Crippen LogP contribution in [-0.4, -0.2) is 30.4 Å². The van der Waals surface area contributed by atoms with Gasteiger partial charge in [-0.1, -0.05) is 40.8 Å². The highest BCUT2D eigenvalue weighted by Gasteiger charge is 2.26. The molecule has 3 N–H and O–H groups in total. The van der Waals surface area contributed by atoms with Crippen molar-refractivity contribution >= 4 is 57.1 Å². The average Bonchev–Trinajstić information content (AvgIpc) is 3.15. The number of benzene rings is 1. The minimum absolute atomic E-state index is 0.156. The Balaban J connectivity index is 1.80. The van der Waals surface area contributed by atoms with Crippen LogP contribution in [0.5, 0.6) is 0 Å². The minimum Gasteiger partial charge on any atom is -0.384 e. The second kappa shape index (κ2) is 8.62. The third-order valence-corrected chi connectivity index (χ3v) is 6.95. The van der Waals surface area contributed by atoms with Gasteiger partial charge in [0.2, 0.25) is 5.13 Å². The fourth-order valence-electron chi connectivity index (χ4n) is 2.67. The molecule has 0 aliphatic carbocycles. The van der Waals surface area contributed by atoms with Crippen molar-refractivity contribution in [3.8, 4) is 0 Å². The van der Waals surface area contributed by atoms with Crippen molar-refractivity contribution in [1.82, 2.24) is 19.3 Å². The van der Waals surface area contributed by atoms with Gasteiger partial charge in [0.1, 0.15) is 11.4 Å². The largest absolute Gasteiger partial charge is 0.384 e. The number of halogens is 1. The van der Waals surface area contributed by atoms with Gasteiger partial charge in [0.25, 0.3) is 5.56 Å². The number of aromatic nitrogens is 4. The number of Topliss-reactive ketones (excluding diaryl/α,β-unsaturated/α-hetero) is 1. The molecule has 0 radical (unpaired) electrons. The first kappa shape index (κ1) is 22.1. The molecule has 1 unspecified atom stereocenters. The molecular formula is C18H19ClN6O3S2. The molecule has 12 heteroatoms. The Morgan fingerprint density at radius 3 is 2.67 bits per heavy atom. The number of ketones is 1. The van der Waals surface area contributed by atoms with E-state index in [-0.39, 0.29) is 11.4 Å². The van der Waals surface area contributed by atoms with E-state index in [1.165, 1.54) is 25.4 Å². The van der Waals surface area contributed by atoms with Crippen LogP contribution in [0, 0.1) is 6.92 Å². The number of carbonyl (C=O) groups excluding carboxylic acids is 1. The lowest BCUT2D eigenvalue weighted by atomic mass is 10.1. The number of thioether (sulfide) groups is 1. The lowest BCUT2D eigenvalue weighted by molar-refractivity contribution is 0.0992. The molecule has 1 atom stereocenters. The standard InChI is InChI=1S/C18H19ClN6O3S2/c1-8-10(19)6-5-7-11(8)21-16-22-23-17(30-16)29-9(2)13(26)12-14(20)24(3)18(28)25(4)15(12)27/h5-7,9H,20H2,1-4H3,(H,21,22). The smallest absolute Gasteiger partial charge is 0.332 e. The van der Waals surface area contributed by atoms with Crippen LogP contribution >= 0.6 is 34.7 Å². The Labute approximate surface area is 184 Å². The number of carbonyl (C=O) groups is 1. The first-order valence-electron chi connectivity index (χ1n) is 8.73. The molecule has 3 rings (SSSR count). The van der Waals surface area contributed by atoms with Gasteiger partial charge in [-0.15, -0.1) is 10.2 Å². The molecule has 2 aromatic heterocycles. The van der Waals surface area contributed by atoms with Crippen LogP contribution in [0.1, 0.15) is 22.8 Å². The zero-order valence-electron chi connectivity index (χ0n) is 16.6. The summed E-state index contributed by atoms with van der Waals surface area (Å²) < 4.78 is 2.48. The SMILES string of the molecule is Cc1c(Cl)cccc1Nc1nnc(SC(C)C(=O)c2c(N)n(C)c(=O)n(C)c2=O)s1. The van der Waals surface area contributed by atoms with Crippen molar-refractivity contribution in [1.29, 1.82) is 0 Å². The topological polar surface area (TPSA) is 125 Å². The van der Waals surface area contributed by atoms with Crippen molar-refractivity contribution in [2.24, 2.45) is 14.1 Å². The summed E-state index contributed by atoms with van der Waals surface area (Å²) in [6.45, 7) is 3.53. The molecule has 158 valence electrons. The van der Waals surface area contributed by atoms with Gasteiger partial charge in [0, 0.05) is 24.8 Å².